The summed E-state index contributed by atoms with van der Waals surface area (Å²) in [5, 5.41) is 11.3. The third-order valence-electron chi connectivity index (χ3n) is 4.40. The second kappa shape index (κ2) is 7.55. The molecule has 1 aliphatic heterocycles. The van der Waals surface area contributed by atoms with Gasteiger partial charge in [0.25, 0.3) is 5.16 Å². The van der Waals surface area contributed by atoms with E-state index < -0.39 is 15.8 Å². The molecule has 9 heteroatoms. The van der Waals surface area contributed by atoms with E-state index in [9.17, 15) is 13.2 Å². The molecule has 2 aromatic rings. The molecule has 1 N–H and O–H groups in total. The molecule has 1 aliphatic rings. The van der Waals surface area contributed by atoms with E-state index in [1.807, 2.05) is 31.2 Å². The first kappa shape index (κ1) is 18.5. The molecular formula is C17H22N4O4S. The van der Waals surface area contributed by atoms with Crippen molar-refractivity contribution in [3.05, 3.63) is 35.7 Å². The Hall–Kier alpha value is -2.26. The van der Waals surface area contributed by atoms with Crippen molar-refractivity contribution in [2.45, 2.75) is 37.4 Å². The third-order valence-corrected chi connectivity index (χ3v) is 5.97. The van der Waals surface area contributed by atoms with Crippen molar-refractivity contribution in [2.75, 3.05) is 19.4 Å². The molecule has 26 heavy (non-hydrogen) atoms. The predicted molar refractivity (Wildman–Crippen MR) is 94.8 cm³/mol. The van der Waals surface area contributed by atoms with Gasteiger partial charge in [0, 0.05) is 5.69 Å². The van der Waals surface area contributed by atoms with Crippen molar-refractivity contribution in [1.82, 2.24) is 20.1 Å². The van der Waals surface area contributed by atoms with Crippen LogP contribution in [0, 0.1) is 6.92 Å². The van der Waals surface area contributed by atoms with E-state index in [2.05, 4.69) is 20.3 Å². The monoisotopic (exact) mass is 378 g/mol. The number of nitrogens with zero attached hydrogens (tertiary/aromatic N) is 3. The van der Waals surface area contributed by atoms with Crippen LogP contribution in [0.3, 0.4) is 0 Å². The van der Waals surface area contributed by atoms with E-state index in [0.717, 1.165) is 24.9 Å². The molecule has 1 aromatic carbocycles. The molecular weight excluding hydrogens is 356 g/mol. The maximum absolute atomic E-state index is 12.8. The number of carbonyl (C=O) groups excluding carboxylic acids is 1. The highest BCUT2D eigenvalue weighted by Gasteiger charge is 2.30. The average Bonchev–Trinajstić information content (AvgIpc) is 3.29. The number of aryl methyl sites for hydroxylation is 1. The van der Waals surface area contributed by atoms with Crippen molar-refractivity contribution in [1.29, 1.82) is 0 Å². The summed E-state index contributed by atoms with van der Waals surface area (Å²) in [5.74, 6) is -0.377. The minimum atomic E-state index is -3.80. The van der Waals surface area contributed by atoms with Gasteiger partial charge in [0.15, 0.2) is 5.82 Å². The molecule has 1 atom stereocenters. The van der Waals surface area contributed by atoms with Gasteiger partial charge in [-0.3, -0.25) is 9.36 Å². The van der Waals surface area contributed by atoms with Gasteiger partial charge in [-0.2, -0.15) is 0 Å². The Labute approximate surface area is 152 Å². The van der Waals surface area contributed by atoms with Crippen LogP contribution in [0.5, 0.6) is 0 Å². The Balaban J connectivity index is 2.04. The predicted octanol–water partition coefficient (Wildman–Crippen LogP) is 1.34. The van der Waals surface area contributed by atoms with Crippen LogP contribution in [0.25, 0.3) is 5.69 Å². The van der Waals surface area contributed by atoms with Gasteiger partial charge < -0.3 is 10.1 Å². The lowest BCUT2D eigenvalue weighted by atomic mass is 10.2. The van der Waals surface area contributed by atoms with Crippen molar-refractivity contribution in [3.8, 4) is 5.69 Å². The van der Waals surface area contributed by atoms with E-state index in [0.29, 0.717) is 11.5 Å². The fraction of sp³-hybridized carbons (Fsp3) is 0.471. The number of methoxy groups -OCH3 is 1. The highest BCUT2D eigenvalue weighted by molar-refractivity contribution is 7.91. The molecule has 2 heterocycles. The number of aromatic nitrogens is 3. The van der Waals surface area contributed by atoms with Crippen molar-refractivity contribution in [2.24, 2.45) is 0 Å². The Bertz CT molecular complexity index is 884. The second-order valence-electron chi connectivity index (χ2n) is 6.31. The van der Waals surface area contributed by atoms with Gasteiger partial charge in [0.2, 0.25) is 9.84 Å². The first-order valence-electron chi connectivity index (χ1n) is 8.47. The maximum atomic E-state index is 12.8. The van der Waals surface area contributed by atoms with Gasteiger partial charge in [-0.05, 0) is 38.4 Å². The third kappa shape index (κ3) is 3.78. The first-order chi connectivity index (χ1) is 12.4. The molecule has 0 aliphatic carbocycles. The van der Waals surface area contributed by atoms with Gasteiger partial charge in [0.1, 0.15) is 0 Å². The summed E-state index contributed by atoms with van der Waals surface area (Å²) in [6.07, 6.45) is 1.64. The zero-order valence-electron chi connectivity index (χ0n) is 14.8. The largest absolute Gasteiger partial charge is 0.469 e. The number of rotatable bonds is 6. The van der Waals surface area contributed by atoms with E-state index in [1.54, 1.807) is 4.57 Å². The topological polar surface area (TPSA) is 103 Å². The number of sulfone groups is 1. The lowest BCUT2D eigenvalue weighted by Gasteiger charge is -2.14. The van der Waals surface area contributed by atoms with Crippen LogP contribution >= 0.6 is 0 Å². The molecule has 0 saturated carbocycles. The average molecular weight is 378 g/mol. The molecule has 8 nitrogen and oxygen atoms in total. The molecule has 1 aromatic heterocycles. The zero-order chi connectivity index (χ0) is 18.7. The smallest absolute Gasteiger partial charge is 0.306 e. The molecule has 140 valence electrons. The van der Waals surface area contributed by atoms with Gasteiger partial charge in [-0.1, -0.05) is 17.7 Å². The SMILES string of the molecule is COC(=O)CCS(=O)(=O)c1nnc(C2CCCN2)n1-c1ccc(C)cc1. The summed E-state index contributed by atoms with van der Waals surface area (Å²) >= 11 is 0. The van der Waals surface area contributed by atoms with Crippen LogP contribution in [0.15, 0.2) is 29.4 Å². The van der Waals surface area contributed by atoms with E-state index in [1.165, 1.54) is 7.11 Å². The van der Waals surface area contributed by atoms with Crippen LogP contribution in [0.4, 0.5) is 0 Å². The molecule has 3 rings (SSSR count). The van der Waals surface area contributed by atoms with Crippen LogP contribution in [0.1, 0.15) is 36.7 Å². The van der Waals surface area contributed by atoms with Gasteiger partial charge in [-0.15, -0.1) is 10.2 Å². The van der Waals surface area contributed by atoms with Crippen LogP contribution in [-0.2, 0) is 19.4 Å². The normalized spacial score (nSPS) is 17.4. The first-order valence-corrected chi connectivity index (χ1v) is 10.1. The van der Waals surface area contributed by atoms with Gasteiger partial charge in [-0.25, -0.2) is 8.42 Å². The molecule has 0 spiro atoms. The minimum absolute atomic E-state index is 0.0478. The lowest BCUT2D eigenvalue weighted by molar-refractivity contribution is -0.140. The quantitative estimate of drug-likeness (QED) is 0.757. The summed E-state index contributed by atoms with van der Waals surface area (Å²) in [6, 6.07) is 7.46. The number of carbonyl (C=O) groups is 1. The number of ether oxygens (including phenoxy) is 1. The van der Waals surface area contributed by atoms with Crippen molar-refractivity contribution >= 4 is 15.8 Å². The molecule has 0 amide bonds. The fourth-order valence-corrected chi connectivity index (χ4v) is 4.22. The maximum Gasteiger partial charge on any atom is 0.306 e. The highest BCUT2D eigenvalue weighted by Crippen LogP contribution is 2.27. The number of nitrogens with one attached hydrogen (secondary N) is 1. The van der Waals surface area contributed by atoms with Crippen LogP contribution < -0.4 is 5.32 Å². The Morgan fingerprint density at radius 2 is 2.04 bits per heavy atom. The molecule has 1 unspecified atom stereocenters. The van der Waals surface area contributed by atoms with E-state index >= 15 is 0 Å². The Morgan fingerprint density at radius 1 is 1.31 bits per heavy atom. The van der Waals surface area contributed by atoms with Crippen molar-refractivity contribution in [3.63, 3.8) is 0 Å². The molecule has 1 saturated heterocycles. The molecule has 0 bridgehead atoms. The Kier molecular flexibility index (Phi) is 5.38. The Morgan fingerprint density at radius 3 is 2.65 bits per heavy atom. The summed E-state index contributed by atoms with van der Waals surface area (Å²) in [4.78, 5) is 11.4. The number of hydrogen-bond acceptors (Lipinski definition) is 7. The number of benzene rings is 1. The van der Waals surface area contributed by atoms with Gasteiger partial charge in [0.05, 0.1) is 25.3 Å². The van der Waals surface area contributed by atoms with Crippen LogP contribution in [-0.4, -0.2) is 48.6 Å². The standard InChI is InChI=1S/C17H22N4O4S/c1-12-5-7-13(8-6-12)21-16(14-4-3-10-18-14)19-20-17(21)26(23,24)11-9-15(22)25-2/h5-8,14,18H,3-4,9-11H2,1-2H3. The molecule has 1 fully saturated rings. The number of hydrogen-bond donors (Lipinski definition) is 1. The highest BCUT2D eigenvalue weighted by atomic mass is 32.2. The molecule has 0 radical (unpaired) electrons. The van der Waals surface area contributed by atoms with Crippen LogP contribution in [0.2, 0.25) is 0 Å². The zero-order valence-corrected chi connectivity index (χ0v) is 15.6. The summed E-state index contributed by atoms with van der Waals surface area (Å²) in [7, 11) is -2.57. The number of esters is 1. The summed E-state index contributed by atoms with van der Waals surface area (Å²) in [5.41, 5.74) is 1.75. The summed E-state index contributed by atoms with van der Waals surface area (Å²) in [6.45, 7) is 2.82. The van der Waals surface area contributed by atoms with E-state index in [-0.39, 0.29) is 23.4 Å². The second-order valence-corrected chi connectivity index (χ2v) is 8.31. The lowest BCUT2D eigenvalue weighted by Crippen LogP contribution is -2.21. The summed E-state index contributed by atoms with van der Waals surface area (Å²) < 4.78 is 31.7. The minimum Gasteiger partial charge on any atom is -0.469 e. The van der Waals surface area contributed by atoms with Crippen molar-refractivity contribution < 1.29 is 17.9 Å². The fourth-order valence-electron chi connectivity index (χ4n) is 2.96. The van der Waals surface area contributed by atoms with Gasteiger partial charge >= 0.3 is 5.97 Å². The van der Waals surface area contributed by atoms with E-state index in [4.69, 9.17) is 0 Å².